The lowest BCUT2D eigenvalue weighted by Crippen LogP contribution is -1.98. The van der Waals surface area contributed by atoms with Gasteiger partial charge in [0.2, 0.25) is 0 Å². The molecule has 18 heavy (non-hydrogen) atoms. The van der Waals surface area contributed by atoms with Crippen molar-refractivity contribution in [3.05, 3.63) is 35.9 Å². The summed E-state index contributed by atoms with van der Waals surface area (Å²) in [4.78, 5) is 11.8. The van der Waals surface area contributed by atoms with Crippen LogP contribution >= 0.6 is 0 Å². The van der Waals surface area contributed by atoms with Gasteiger partial charge in [0.25, 0.3) is 0 Å². The van der Waals surface area contributed by atoms with Gasteiger partial charge < -0.3 is 0 Å². The first-order chi connectivity index (χ1) is 8.84. The Morgan fingerprint density at radius 1 is 0.833 bits per heavy atom. The van der Waals surface area contributed by atoms with E-state index in [0.29, 0.717) is 12.2 Å². The highest BCUT2D eigenvalue weighted by Crippen LogP contribution is 2.11. The van der Waals surface area contributed by atoms with Crippen LogP contribution in [0.25, 0.3) is 0 Å². The summed E-state index contributed by atoms with van der Waals surface area (Å²) >= 11 is 0. The number of benzene rings is 1. The van der Waals surface area contributed by atoms with Crippen molar-refractivity contribution in [3.8, 4) is 0 Å². The van der Waals surface area contributed by atoms with Gasteiger partial charge in [0.1, 0.15) is 0 Å². The van der Waals surface area contributed by atoms with E-state index < -0.39 is 0 Å². The Kier molecular flexibility index (Phi) is 8.20. The third-order valence-corrected chi connectivity index (χ3v) is 3.35. The fourth-order valence-corrected chi connectivity index (χ4v) is 2.19. The molecule has 0 bridgehead atoms. The van der Waals surface area contributed by atoms with Crippen LogP contribution in [-0.2, 0) is 0 Å². The van der Waals surface area contributed by atoms with Gasteiger partial charge in [-0.25, -0.2) is 0 Å². The Morgan fingerprint density at radius 2 is 1.39 bits per heavy atom. The van der Waals surface area contributed by atoms with Crippen LogP contribution in [0, 0.1) is 0 Å². The van der Waals surface area contributed by atoms with Gasteiger partial charge in [-0.15, -0.1) is 0 Å². The lowest BCUT2D eigenvalue weighted by molar-refractivity contribution is 0.0979. The highest BCUT2D eigenvalue weighted by atomic mass is 16.1. The minimum Gasteiger partial charge on any atom is -0.294 e. The number of rotatable bonds is 10. The molecule has 0 aromatic heterocycles. The largest absolute Gasteiger partial charge is 0.294 e. The van der Waals surface area contributed by atoms with Crippen molar-refractivity contribution < 1.29 is 4.79 Å². The van der Waals surface area contributed by atoms with Crippen LogP contribution in [0.1, 0.15) is 75.1 Å². The molecule has 0 saturated carbocycles. The summed E-state index contributed by atoms with van der Waals surface area (Å²) in [6.07, 6.45) is 11.0. The average molecular weight is 246 g/mol. The van der Waals surface area contributed by atoms with Gasteiger partial charge in [-0.1, -0.05) is 82.2 Å². The maximum atomic E-state index is 11.8. The van der Waals surface area contributed by atoms with Crippen LogP contribution in [0.4, 0.5) is 0 Å². The second-order valence-corrected chi connectivity index (χ2v) is 5.01. The quantitative estimate of drug-likeness (QED) is 0.399. The first-order valence-corrected chi connectivity index (χ1v) is 7.43. The van der Waals surface area contributed by atoms with Crippen molar-refractivity contribution in [3.63, 3.8) is 0 Å². The average Bonchev–Trinajstić information content (AvgIpc) is 2.42. The molecular formula is C17H26O. The molecule has 0 spiro atoms. The number of hydrogen-bond donors (Lipinski definition) is 0. The predicted molar refractivity (Wildman–Crippen MR) is 78.0 cm³/mol. The zero-order valence-corrected chi connectivity index (χ0v) is 11.7. The Labute approximate surface area is 112 Å². The van der Waals surface area contributed by atoms with Crippen molar-refractivity contribution in [2.45, 2.75) is 64.7 Å². The predicted octanol–water partition coefficient (Wildman–Crippen LogP) is 5.40. The summed E-state index contributed by atoms with van der Waals surface area (Å²) in [5, 5.41) is 0. The monoisotopic (exact) mass is 246 g/mol. The molecule has 0 aliphatic carbocycles. The molecule has 0 amide bonds. The van der Waals surface area contributed by atoms with Gasteiger partial charge in [-0.3, -0.25) is 4.79 Å². The van der Waals surface area contributed by atoms with Crippen molar-refractivity contribution >= 4 is 5.78 Å². The Morgan fingerprint density at radius 3 is 2.00 bits per heavy atom. The molecule has 1 heteroatoms. The molecule has 1 rings (SSSR count). The van der Waals surface area contributed by atoms with E-state index in [1.807, 2.05) is 30.3 Å². The second-order valence-electron chi connectivity index (χ2n) is 5.01. The van der Waals surface area contributed by atoms with E-state index in [0.717, 1.165) is 12.0 Å². The molecule has 1 aromatic carbocycles. The Hall–Kier alpha value is -1.11. The van der Waals surface area contributed by atoms with E-state index in [1.165, 1.54) is 44.9 Å². The molecule has 1 nitrogen and oxygen atoms in total. The van der Waals surface area contributed by atoms with Crippen LogP contribution < -0.4 is 0 Å². The normalized spacial score (nSPS) is 10.5. The molecule has 0 saturated heterocycles. The highest BCUT2D eigenvalue weighted by Gasteiger charge is 2.03. The fraction of sp³-hybridized carbons (Fsp3) is 0.588. The van der Waals surface area contributed by atoms with E-state index in [-0.39, 0.29) is 0 Å². The zero-order chi connectivity index (χ0) is 13.1. The number of unbranched alkanes of at least 4 members (excludes halogenated alkanes) is 7. The van der Waals surface area contributed by atoms with Crippen molar-refractivity contribution in [2.24, 2.45) is 0 Å². The summed E-state index contributed by atoms with van der Waals surface area (Å²) in [6.45, 7) is 2.25. The Balaban J connectivity index is 2.00. The van der Waals surface area contributed by atoms with Crippen molar-refractivity contribution in [2.75, 3.05) is 0 Å². The van der Waals surface area contributed by atoms with E-state index in [2.05, 4.69) is 6.92 Å². The fourth-order valence-electron chi connectivity index (χ4n) is 2.19. The molecule has 100 valence electrons. The summed E-state index contributed by atoms with van der Waals surface area (Å²) in [5.74, 6) is 0.293. The van der Waals surface area contributed by atoms with Gasteiger partial charge in [-0.2, -0.15) is 0 Å². The molecule has 0 aliphatic rings. The van der Waals surface area contributed by atoms with Gasteiger partial charge in [0.15, 0.2) is 5.78 Å². The molecule has 0 atom stereocenters. The summed E-state index contributed by atoms with van der Waals surface area (Å²) in [7, 11) is 0. The lowest BCUT2D eigenvalue weighted by atomic mass is 10.0. The van der Waals surface area contributed by atoms with Crippen LogP contribution in [0.15, 0.2) is 30.3 Å². The number of hydrogen-bond acceptors (Lipinski definition) is 1. The summed E-state index contributed by atoms with van der Waals surface area (Å²) < 4.78 is 0. The first-order valence-electron chi connectivity index (χ1n) is 7.43. The van der Waals surface area contributed by atoms with Crippen molar-refractivity contribution in [1.82, 2.24) is 0 Å². The van der Waals surface area contributed by atoms with Gasteiger partial charge >= 0.3 is 0 Å². The van der Waals surface area contributed by atoms with E-state index in [9.17, 15) is 4.79 Å². The number of Topliss-reactive ketones (excluding diaryl/α,β-unsaturated/α-hetero) is 1. The van der Waals surface area contributed by atoms with Gasteiger partial charge in [-0.05, 0) is 6.42 Å². The maximum absolute atomic E-state index is 11.8. The van der Waals surface area contributed by atoms with E-state index >= 15 is 0 Å². The Bertz CT molecular complexity index is 316. The minimum absolute atomic E-state index is 0.293. The van der Waals surface area contributed by atoms with Crippen LogP contribution in [-0.4, -0.2) is 5.78 Å². The summed E-state index contributed by atoms with van der Waals surface area (Å²) in [5.41, 5.74) is 0.862. The smallest absolute Gasteiger partial charge is 0.162 e. The SMILES string of the molecule is CCCCCCCCCCC(=O)c1ccccc1. The third-order valence-electron chi connectivity index (χ3n) is 3.35. The van der Waals surface area contributed by atoms with Crippen LogP contribution in [0.2, 0.25) is 0 Å². The molecule has 0 radical (unpaired) electrons. The zero-order valence-electron chi connectivity index (χ0n) is 11.7. The molecular weight excluding hydrogens is 220 g/mol. The van der Waals surface area contributed by atoms with Crippen molar-refractivity contribution in [1.29, 1.82) is 0 Å². The van der Waals surface area contributed by atoms with Crippen LogP contribution in [0.3, 0.4) is 0 Å². The minimum atomic E-state index is 0.293. The molecule has 0 N–H and O–H groups in total. The van der Waals surface area contributed by atoms with Crippen LogP contribution in [0.5, 0.6) is 0 Å². The standard InChI is InChI=1S/C17H26O/c1-2-3-4-5-6-7-8-12-15-17(18)16-13-10-9-11-14-16/h9-11,13-14H,2-8,12,15H2,1H3. The maximum Gasteiger partial charge on any atom is 0.162 e. The molecule has 0 heterocycles. The topological polar surface area (TPSA) is 17.1 Å². The number of carbonyl (C=O) groups excluding carboxylic acids is 1. The second kappa shape index (κ2) is 9.87. The van der Waals surface area contributed by atoms with Gasteiger partial charge in [0.05, 0.1) is 0 Å². The first kappa shape index (κ1) is 14.9. The lowest BCUT2D eigenvalue weighted by Gasteiger charge is -2.02. The molecule has 0 aliphatic heterocycles. The van der Waals surface area contributed by atoms with E-state index in [4.69, 9.17) is 0 Å². The molecule has 0 fully saturated rings. The van der Waals surface area contributed by atoms with Gasteiger partial charge in [0, 0.05) is 12.0 Å². The molecule has 1 aromatic rings. The summed E-state index contributed by atoms with van der Waals surface area (Å²) in [6, 6.07) is 9.63. The molecule has 0 unspecified atom stereocenters. The third kappa shape index (κ3) is 6.58. The number of ketones is 1. The highest BCUT2D eigenvalue weighted by molar-refractivity contribution is 5.95. The number of carbonyl (C=O) groups is 1. The van der Waals surface area contributed by atoms with E-state index in [1.54, 1.807) is 0 Å².